The number of rotatable bonds is 2. The Balaban J connectivity index is 2.14. The van der Waals surface area contributed by atoms with Crippen LogP contribution in [0.25, 0.3) is 0 Å². The quantitative estimate of drug-likeness (QED) is 0.657. The number of nitrogens with two attached hydrogens (primary N) is 1. The molecule has 5 heteroatoms. The van der Waals surface area contributed by atoms with E-state index < -0.39 is 0 Å². The fourth-order valence-corrected chi connectivity index (χ4v) is 1.58. The van der Waals surface area contributed by atoms with Gasteiger partial charge in [0.2, 0.25) is 5.91 Å². The molecule has 1 atom stereocenters. The average Bonchev–Trinajstić information content (AvgIpc) is 2.72. The van der Waals surface area contributed by atoms with Crippen LogP contribution in [0.3, 0.4) is 0 Å². The van der Waals surface area contributed by atoms with Crippen LogP contribution in [0.4, 0.5) is 5.69 Å². The van der Waals surface area contributed by atoms with E-state index in [1.165, 1.54) is 0 Å². The number of hydrogen-bond acceptors (Lipinski definition) is 3. The summed E-state index contributed by atoms with van der Waals surface area (Å²) in [5.74, 6) is 0.430. The minimum Gasteiger partial charge on any atom is -0.330 e. The molecular formula is C8H12N4O. The zero-order chi connectivity index (χ0) is 9.26. The molecule has 1 aromatic rings. The van der Waals surface area contributed by atoms with Crippen LogP contribution in [0.1, 0.15) is 6.42 Å². The largest absolute Gasteiger partial charge is 0.330 e. The number of hydrogen-bond donors (Lipinski definition) is 2. The Morgan fingerprint density at radius 3 is 3.15 bits per heavy atom. The van der Waals surface area contributed by atoms with E-state index in [-0.39, 0.29) is 5.91 Å². The van der Waals surface area contributed by atoms with Gasteiger partial charge in [0.05, 0.1) is 11.9 Å². The smallest absolute Gasteiger partial charge is 0.227 e. The van der Waals surface area contributed by atoms with E-state index in [1.807, 2.05) is 0 Å². The number of nitrogens with zero attached hydrogens (tertiary/aromatic N) is 2. The number of anilines is 1. The number of amides is 1. The zero-order valence-electron chi connectivity index (χ0n) is 7.23. The van der Waals surface area contributed by atoms with Crippen LogP contribution in [0.15, 0.2) is 12.4 Å². The van der Waals surface area contributed by atoms with Crippen molar-refractivity contribution >= 4 is 11.6 Å². The van der Waals surface area contributed by atoms with Gasteiger partial charge in [-0.1, -0.05) is 0 Å². The molecule has 70 valence electrons. The minimum atomic E-state index is 0.136. The number of aromatic nitrogens is 2. The molecule has 1 fully saturated rings. The highest BCUT2D eigenvalue weighted by atomic mass is 16.2. The molecule has 0 radical (unpaired) electrons. The summed E-state index contributed by atoms with van der Waals surface area (Å²) in [7, 11) is 0. The minimum absolute atomic E-state index is 0.136. The normalized spacial score (nSPS) is 22.7. The maximum absolute atomic E-state index is 11.5. The van der Waals surface area contributed by atoms with E-state index in [2.05, 4.69) is 10.2 Å². The van der Waals surface area contributed by atoms with Crippen molar-refractivity contribution < 1.29 is 4.79 Å². The van der Waals surface area contributed by atoms with Crippen LogP contribution < -0.4 is 10.6 Å². The SMILES string of the molecule is NCC1CC(=O)N(c2cn[nH]c2)C1. The molecule has 1 aliphatic heterocycles. The molecule has 0 saturated carbocycles. The summed E-state index contributed by atoms with van der Waals surface area (Å²) in [5, 5.41) is 6.49. The number of H-pyrrole nitrogens is 1. The van der Waals surface area contributed by atoms with Gasteiger partial charge in [0.15, 0.2) is 0 Å². The third-order valence-electron chi connectivity index (χ3n) is 2.33. The summed E-state index contributed by atoms with van der Waals surface area (Å²) in [6.45, 7) is 1.29. The van der Waals surface area contributed by atoms with Gasteiger partial charge in [-0.25, -0.2) is 0 Å². The van der Waals surface area contributed by atoms with Crippen molar-refractivity contribution in [3.63, 3.8) is 0 Å². The van der Waals surface area contributed by atoms with E-state index in [9.17, 15) is 4.79 Å². The van der Waals surface area contributed by atoms with E-state index in [1.54, 1.807) is 17.3 Å². The predicted molar refractivity (Wildman–Crippen MR) is 48.1 cm³/mol. The molecule has 0 aliphatic carbocycles. The van der Waals surface area contributed by atoms with Crippen molar-refractivity contribution in [1.82, 2.24) is 10.2 Å². The topological polar surface area (TPSA) is 75.0 Å². The summed E-state index contributed by atoms with van der Waals surface area (Å²) in [4.78, 5) is 13.2. The summed E-state index contributed by atoms with van der Waals surface area (Å²) in [5.41, 5.74) is 6.34. The second-order valence-corrected chi connectivity index (χ2v) is 3.27. The predicted octanol–water partition coefficient (Wildman–Crippen LogP) is -0.279. The van der Waals surface area contributed by atoms with Gasteiger partial charge in [-0.3, -0.25) is 9.89 Å². The fraction of sp³-hybridized carbons (Fsp3) is 0.500. The Labute approximate surface area is 75.9 Å². The van der Waals surface area contributed by atoms with Crippen molar-refractivity contribution in [3.05, 3.63) is 12.4 Å². The van der Waals surface area contributed by atoms with Crippen LogP contribution in [0.2, 0.25) is 0 Å². The van der Waals surface area contributed by atoms with E-state index in [4.69, 9.17) is 5.73 Å². The van der Waals surface area contributed by atoms with Gasteiger partial charge in [0.1, 0.15) is 0 Å². The second kappa shape index (κ2) is 3.18. The first-order chi connectivity index (χ1) is 6.31. The molecule has 1 unspecified atom stereocenters. The molecule has 1 amide bonds. The first-order valence-electron chi connectivity index (χ1n) is 4.30. The number of carbonyl (C=O) groups is 1. The van der Waals surface area contributed by atoms with E-state index in [0.717, 1.165) is 12.2 Å². The van der Waals surface area contributed by atoms with Gasteiger partial charge in [0, 0.05) is 19.2 Å². The monoisotopic (exact) mass is 180 g/mol. The standard InChI is InChI=1S/C8H12N4O/c9-2-6-1-8(13)12(5-6)7-3-10-11-4-7/h3-4,6H,1-2,5,9H2,(H,10,11). The van der Waals surface area contributed by atoms with Crippen molar-refractivity contribution in [1.29, 1.82) is 0 Å². The maximum atomic E-state index is 11.5. The van der Waals surface area contributed by atoms with Gasteiger partial charge in [0.25, 0.3) is 0 Å². The first-order valence-corrected chi connectivity index (χ1v) is 4.30. The van der Waals surface area contributed by atoms with Gasteiger partial charge >= 0.3 is 0 Å². The third kappa shape index (κ3) is 1.42. The molecule has 1 aliphatic rings. The molecule has 5 nitrogen and oxygen atoms in total. The highest BCUT2D eigenvalue weighted by Crippen LogP contribution is 2.22. The summed E-state index contributed by atoms with van der Waals surface area (Å²) in [6, 6.07) is 0. The molecular weight excluding hydrogens is 168 g/mol. The lowest BCUT2D eigenvalue weighted by Crippen LogP contribution is -2.25. The molecule has 0 bridgehead atoms. The van der Waals surface area contributed by atoms with Crippen LogP contribution in [0, 0.1) is 5.92 Å². The number of carbonyl (C=O) groups excluding carboxylic acids is 1. The van der Waals surface area contributed by atoms with E-state index >= 15 is 0 Å². The Morgan fingerprint density at radius 1 is 1.77 bits per heavy atom. The third-order valence-corrected chi connectivity index (χ3v) is 2.33. The lowest BCUT2D eigenvalue weighted by molar-refractivity contribution is -0.117. The highest BCUT2D eigenvalue weighted by Gasteiger charge is 2.29. The Morgan fingerprint density at radius 2 is 2.62 bits per heavy atom. The van der Waals surface area contributed by atoms with Crippen molar-refractivity contribution in [2.24, 2.45) is 11.7 Å². The molecule has 0 spiro atoms. The maximum Gasteiger partial charge on any atom is 0.227 e. The van der Waals surface area contributed by atoms with Gasteiger partial charge < -0.3 is 10.6 Å². The van der Waals surface area contributed by atoms with Crippen LogP contribution in [-0.4, -0.2) is 29.2 Å². The fourth-order valence-electron chi connectivity index (χ4n) is 1.58. The lowest BCUT2D eigenvalue weighted by Gasteiger charge is -2.12. The molecule has 2 rings (SSSR count). The average molecular weight is 180 g/mol. The lowest BCUT2D eigenvalue weighted by atomic mass is 10.1. The van der Waals surface area contributed by atoms with Gasteiger partial charge in [-0.15, -0.1) is 0 Å². The van der Waals surface area contributed by atoms with Crippen LogP contribution >= 0.6 is 0 Å². The van der Waals surface area contributed by atoms with E-state index in [0.29, 0.717) is 18.9 Å². The molecule has 1 saturated heterocycles. The molecule has 3 N–H and O–H groups in total. The Hall–Kier alpha value is -1.36. The molecule has 0 aromatic carbocycles. The number of aromatic amines is 1. The van der Waals surface area contributed by atoms with Crippen molar-refractivity contribution in [2.75, 3.05) is 18.0 Å². The highest BCUT2D eigenvalue weighted by molar-refractivity contribution is 5.95. The van der Waals surface area contributed by atoms with Gasteiger partial charge in [-0.2, -0.15) is 5.10 Å². The second-order valence-electron chi connectivity index (χ2n) is 3.27. The number of nitrogens with one attached hydrogen (secondary N) is 1. The van der Waals surface area contributed by atoms with Gasteiger partial charge in [-0.05, 0) is 12.5 Å². The molecule has 2 heterocycles. The zero-order valence-corrected chi connectivity index (χ0v) is 7.23. The molecule has 1 aromatic heterocycles. The molecule has 13 heavy (non-hydrogen) atoms. The first kappa shape index (κ1) is 8.25. The summed E-state index contributed by atoms with van der Waals surface area (Å²) >= 11 is 0. The Bertz CT molecular complexity index is 295. The summed E-state index contributed by atoms with van der Waals surface area (Å²) < 4.78 is 0. The van der Waals surface area contributed by atoms with Crippen molar-refractivity contribution in [3.8, 4) is 0 Å². The summed E-state index contributed by atoms with van der Waals surface area (Å²) in [6.07, 6.45) is 3.93. The van der Waals surface area contributed by atoms with Crippen molar-refractivity contribution in [2.45, 2.75) is 6.42 Å². The Kier molecular flexibility index (Phi) is 2.02. The van der Waals surface area contributed by atoms with Crippen LogP contribution in [-0.2, 0) is 4.79 Å². The van der Waals surface area contributed by atoms with Crippen LogP contribution in [0.5, 0.6) is 0 Å².